The van der Waals surface area contributed by atoms with Gasteiger partial charge in [-0.1, -0.05) is 0 Å². The molecular weight excluding hydrogens is 380 g/mol. The largest absolute Gasteiger partial charge is 0.368 e. The first-order chi connectivity index (χ1) is 13.2. The van der Waals surface area contributed by atoms with Gasteiger partial charge in [0.15, 0.2) is 5.03 Å². The fourth-order valence-corrected chi connectivity index (χ4v) is 5.67. The maximum Gasteiger partial charge on any atom is 0.260 e. The SMILES string of the molecule is Cc1cc(S(=O)(=O)N2CCC3(CC2)OCCc2cnc(N(C)C)nc23)n(C)n1. The van der Waals surface area contributed by atoms with Crippen molar-refractivity contribution in [2.24, 2.45) is 7.05 Å². The Balaban J connectivity index is 1.61. The van der Waals surface area contributed by atoms with Gasteiger partial charge in [0.05, 0.1) is 18.0 Å². The van der Waals surface area contributed by atoms with Crippen LogP contribution in [0.3, 0.4) is 0 Å². The second-order valence-corrected chi connectivity index (χ2v) is 9.57. The molecule has 10 heteroatoms. The highest BCUT2D eigenvalue weighted by atomic mass is 32.2. The maximum absolute atomic E-state index is 13.1. The molecule has 0 atom stereocenters. The normalized spacial score (nSPS) is 19.6. The third-order valence-corrected chi connectivity index (χ3v) is 7.48. The van der Waals surface area contributed by atoms with Gasteiger partial charge < -0.3 is 9.64 Å². The van der Waals surface area contributed by atoms with Gasteiger partial charge in [0.2, 0.25) is 5.95 Å². The van der Waals surface area contributed by atoms with Crippen molar-refractivity contribution < 1.29 is 13.2 Å². The zero-order valence-electron chi connectivity index (χ0n) is 16.7. The maximum atomic E-state index is 13.1. The van der Waals surface area contributed by atoms with E-state index in [0.717, 1.165) is 17.7 Å². The van der Waals surface area contributed by atoms with Gasteiger partial charge in [0.25, 0.3) is 10.0 Å². The van der Waals surface area contributed by atoms with Crippen molar-refractivity contribution in [2.75, 3.05) is 38.7 Å². The van der Waals surface area contributed by atoms with Crippen LogP contribution < -0.4 is 4.90 Å². The molecule has 2 aliphatic rings. The number of piperidine rings is 1. The van der Waals surface area contributed by atoms with E-state index in [9.17, 15) is 8.42 Å². The monoisotopic (exact) mass is 406 g/mol. The molecule has 4 rings (SSSR count). The summed E-state index contributed by atoms with van der Waals surface area (Å²) in [6.07, 6.45) is 3.80. The molecule has 0 unspecified atom stereocenters. The minimum atomic E-state index is -3.59. The van der Waals surface area contributed by atoms with E-state index in [-0.39, 0.29) is 5.03 Å². The van der Waals surface area contributed by atoms with Crippen molar-refractivity contribution in [2.45, 2.75) is 36.8 Å². The molecular formula is C18H26N6O3S. The van der Waals surface area contributed by atoms with Crippen molar-refractivity contribution in [1.82, 2.24) is 24.1 Å². The van der Waals surface area contributed by atoms with E-state index in [1.807, 2.05) is 25.2 Å². The van der Waals surface area contributed by atoms with Crippen LogP contribution >= 0.6 is 0 Å². The number of hydrogen-bond donors (Lipinski definition) is 0. The molecule has 2 aromatic heterocycles. The van der Waals surface area contributed by atoms with Gasteiger partial charge in [-0.15, -0.1) is 0 Å². The van der Waals surface area contributed by atoms with Crippen LogP contribution in [0.25, 0.3) is 0 Å². The van der Waals surface area contributed by atoms with Crippen LogP contribution in [0.1, 0.15) is 29.8 Å². The number of fused-ring (bicyclic) bond motifs is 2. The van der Waals surface area contributed by atoms with Crippen LogP contribution in [0, 0.1) is 6.92 Å². The molecule has 1 saturated heterocycles. The van der Waals surface area contributed by atoms with E-state index in [1.165, 1.54) is 8.99 Å². The Morgan fingerprint density at radius 3 is 2.57 bits per heavy atom. The van der Waals surface area contributed by atoms with E-state index >= 15 is 0 Å². The van der Waals surface area contributed by atoms with E-state index in [0.29, 0.717) is 44.2 Å². The molecule has 9 nitrogen and oxygen atoms in total. The molecule has 0 aliphatic carbocycles. The number of aryl methyl sites for hydroxylation is 2. The third kappa shape index (κ3) is 3.09. The smallest absolute Gasteiger partial charge is 0.260 e. The van der Waals surface area contributed by atoms with Crippen molar-refractivity contribution in [3.8, 4) is 0 Å². The molecule has 2 aliphatic heterocycles. The van der Waals surface area contributed by atoms with Crippen LogP contribution in [0.2, 0.25) is 0 Å². The molecule has 0 bridgehead atoms. The topological polar surface area (TPSA) is 93.5 Å². The van der Waals surface area contributed by atoms with Crippen LogP contribution in [-0.2, 0) is 33.8 Å². The summed E-state index contributed by atoms with van der Waals surface area (Å²) >= 11 is 0. The van der Waals surface area contributed by atoms with Crippen molar-refractivity contribution in [3.05, 3.63) is 29.2 Å². The molecule has 0 radical (unpaired) electrons. The Labute approximate surface area is 165 Å². The average molecular weight is 407 g/mol. The highest BCUT2D eigenvalue weighted by Crippen LogP contribution is 2.41. The van der Waals surface area contributed by atoms with E-state index in [2.05, 4.69) is 10.1 Å². The van der Waals surface area contributed by atoms with Crippen LogP contribution in [0.15, 0.2) is 17.3 Å². The minimum absolute atomic E-state index is 0.225. The molecule has 28 heavy (non-hydrogen) atoms. The molecule has 0 saturated carbocycles. The van der Waals surface area contributed by atoms with Gasteiger partial charge in [0, 0.05) is 40.4 Å². The van der Waals surface area contributed by atoms with E-state index < -0.39 is 15.6 Å². The molecule has 1 fully saturated rings. The Bertz CT molecular complexity index is 993. The molecule has 1 spiro atoms. The zero-order chi connectivity index (χ0) is 20.1. The van der Waals surface area contributed by atoms with Crippen LogP contribution in [0.5, 0.6) is 0 Å². The number of rotatable bonds is 3. The Kier molecular flexibility index (Phi) is 4.67. The number of sulfonamides is 1. The first-order valence-electron chi connectivity index (χ1n) is 9.41. The second-order valence-electron chi connectivity index (χ2n) is 7.68. The van der Waals surface area contributed by atoms with Gasteiger partial charge in [-0.2, -0.15) is 9.40 Å². The molecule has 0 amide bonds. The van der Waals surface area contributed by atoms with E-state index in [4.69, 9.17) is 9.72 Å². The van der Waals surface area contributed by atoms with Crippen molar-refractivity contribution in [3.63, 3.8) is 0 Å². The highest BCUT2D eigenvalue weighted by Gasteiger charge is 2.45. The summed E-state index contributed by atoms with van der Waals surface area (Å²) in [7, 11) is 1.88. The summed E-state index contributed by atoms with van der Waals surface area (Å²) in [6.45, 7) is 3.16. The van der Waals surface area contributed by atoms with Crippen molar-refractivity contribution >= 4 is 16.0 Å². The number of nitrogens with zero attached hydrogens (tertiary/aromatic N) is 6. The predicted octanol–water partition coefficient (Wildman–Crippen LogP) is 0.837. The number of ether oxygens (including phenoxy) is 1. The van der Waals surface area contributed by atoms with Gasteiger partial charge in [-0.05, 0) is 37.8 Å². The van der Waals surface area contributed by atoms with Gasteiger partial charge >= 0.3 is 0 Å². The Morgan fingerprint density at radius 1 is 1.25 bits per heavy atom. The molecule has 0 aromatic carbocycles. The number of hydrogen-bond acceptors (Lipinski definition) is 7. The average Bonchev–Trinajstić information content (AvgIpc) is 3.01. The van der Waals surface area contributed by atoms with E-state index in [1.54, 1.807) is 20.0 Å². The fourth-order valence-electron chi connectivity index (χ4n) is 4.04. The second kappa shape index (κ2) is 6.78. The third-order valence-electron chi connectivity index (χ3n) is 5.53. The summed E-state index contributed by atoms with van der Waals surface area (Å²) in [6, 6.07) is 1.61. The van der Waals surface area contributed by atoms with Crippen LogP contribution in [0.4, 0.5) is 5.95 Å². The highest BCUT2D eigenvalue weighted by molar-refractivity contribution is 7.89. The Morgan fingerprint density at radius 2 is 1.96 bits per heavy atom. The van der Waals surface area contributed by atoms with Gasteiger partial charge in [0.1, 0.15) is 5.60 Å². The lowest BCUT2D eigenvalue weighted by molar-refractivity contribution is -0.0925. The van der Waals surface area contributed by atoms with Gasteiger partial charge in [-0.25, -0.2) is 18.4 Å². The number of aromatic nitrogens is 4. The molecule has 152 valence electrons. The summed E-state index contributed by atoms with van der Waals surface area (Å²) < 4.78 is 35.3. The van der Waals surface area contributed by atoms with Crippen molar-refractivity contribution in [1.29, 1.82) is 0 Å². The summed E-state index contributed by atoms with van der Waals surface area (Å²) in [5.41, 5.74) is 2.14. The molecule has 4 heterocycles. The summed E-state index contributed by atoms with van der Waals surface area (Å²) in [4.78, 5) is 11.0. The summed E-state index contributed by atoms with van der Waals surface area (Å²) in [5, 5.41) is 4.40. The van der Waals surface area contributed by atoms with Crippen LogP contribution in [-0.4, -0.2) is 66.3 Å². The lowest BCUT2D eigenvalue weighted by atomic mass is 9.84. The zero-order valence-corrected chi connectivity index (χ0v) is 17.5. The molecule has 0 N–H and O–H groups in total. The quantitative estimate of drug-likeness (QED) is 0.745. The van der Waals surface area contributed by atoms with Gasteiger partial charge in [-0.3, -0.25) is 4.68 Å². The number of anilines is 1. The Hall–Kier alpha value is -2.04. The molecule has 2 aromatic rings. The minimum Gasteiger partial charge on any atom is -0.368 e. The standard InChI is InChI=1S/C18H26N6O3S/c1-13-11-15(23(4)21-13)28(25,26)24-8-6-18(7-9-24)16-14(5-10-27-18)12-19-17(20-16)22(2)3/h11-12H,5-10H2,1-4H3. The predicted molar refractivity (Wildman–Crippen MR) is 104 cm³/mol. The fraction of sp³-hybridized carbons (Fsp3) is 0.611. The lowest BCUT2D eigenvalue weighted by Gasteiger charge is -2.43. The lowest BCUT2D eigenvalue weighted by Crippen LogP contribution is -2.49. The first-order valence-corrected chi connectivity index (χ1v) is 10.9. The summed E-state index contributed by atoms with van der Waals surface area (Å²) in [5.74, 6) is 0.643. The first kappa shape index (κ1) is 19.3.